The molecule has 194 valence electrons. The van der Waals surface area contributed by atoms with Crippen molar-refractivity contribution in [2.45, 2.75) is 19.6 Å². The first-order chi connectivity index (χ1) is 17.4. The van der Waals surface area contributed by atoms with Gasteiger partial charge in [-0.1, -0.05) is 42.6 Å². The van der Waals surface area contributed by atoms with Gasteiger partial charge in [-0.2, -0.15) is 18.2 Å². The monoisotopic (exact) mass is 519 g/mol. The van der Waals surface area contributed by atoms with Crippen LogP contribution in [0.2, 0.25) is 0 Å². The Morgan fingerprint density at radius 3 is 2.43 bits per heavy atom. The molecule has 0 bridgehead atoms. The maximum Gasteiger partial charge on any atom is 0.417 e. The van der Waals surface area contributed by atoms with Crippen molar-refractivity contribution in [1.82, 2.24) is 15.0 Å². The summed E-state index contributed by atoms with van der Waals surface area (Å²) in [5, 5.41) is 12.4. The van der Waals surface area contributed by atoms with Gasteiger partial charge < -0.3 is 9.63 Å². The maximum atomic E-state index is 14.8. The van der Waals surface area contributed by atoms with E-state index < -0.39 is 29.3 Å². The summed E-state index contributed by atoms with van der Waals surface area (Å²) in [4.78, 5) is 16.0. The number of nitrogens with zero attached hydrogens (tertiary/aromatic N) is 3. The summed E-state index contributed by atoms with van der Waals surface area (Å²) in [6.07, 6.45) is -2.02. The molecule has 2 aromatic carbocycles. The molecule has 0 aliphatic carbocycles. The van der Waals surface area contributed by atoms with Crippen molar-refractivity contribution in [3.63, 3.8) is 0 Å². The number of hydrogen-bond donors (Lipinski definition) is 1. The van der Waals surface area contributed by atoms with Gasteiger partial charge >= 0.3 is 12.1 Å². The van der Waals surface area contributed by atoms with E-state index in [1.54, 1.807) is 6.92 Å². The molecule has 3 aromatic rings. The number of alkyl halides is 3. The second-order valence-electron chi connectivity index (χ2n) is 8.15. The van der Waals surface area contributed by atoms with Crippen molar-refractivity contribution in [2.75, 3.05) is 13.6 Å². The zero-order chi connectivity index (χ0) is 27.5. The largest absolute Gasteiger partial charge is 0.480 e. The molecule has 1 aromatic heterocycles. The summed E-state index contributed by atoms with van der Waals surface area (Å²) in [6.45, 7) is 8.22. The highest BCUT2D eigenvalue weighted by Gasteiger charge is 2.35. The molecule has 0 saturated heterocycles. The Morgan fingerprint density at radius 2 is 1.84 bits per heavy atom. The van der Waals surface area contributed by atoms with E-state index in [0.29, 0.717) is 5.57 Å². The fraction of sp³-hybridized carbons (Fsp3) is 0.192. The molecule has 0 spiro atoms. The van der Waals surface area contributed by atoms with Crippen molar-refractivity contribution in [3.8, 4) is 22.8 Å². The van der Waals surface area contributed by atoms with Crippen molar-refractivity contribution < 1.29 is 36.4 Å². The van der Waals surface area contributed by atoms with Gasteiger partial charge in [0.2, 0.25) is 5.82 Å². The molecule has 0 aliphatic heterocycles. The van der Waals surface area contributed by atoms with Crippen molar-refractivity contribution >= 4 is 11.5 Å². The number of carboxylic acid groups (broad SMARTS) is 1. The number of likely N-dealkylation sites (N-methyl/N-ethyl adjacent to an activating group) is 1. The lowest BCUT2D eigenvalue weighted by atomic mass is 9.94. The van der Waals surface area contributed by atoms with Gasteiger partial charge in [0, 0.05) is 17.7 Å². The number of carbonyl (C=O) groups is 1. The Balaban J connectivity index is 2.00. The second-order valence-corrected chi connectivity index (χ2v) is 8.15. The Morgan fingerprint density at radius 1 is 1.14 bits per heavy atom. The molecule has 0 saturated carbocycles. The molecule has 0 unspecified atom stereocenters. The number of aliphatic carboxylic acids is 1. The van der Waals surface area contributed by atoms with Gasteiger partial charge in [0.05, 0.1) is 17.7 Å². The van der Waals surface area contributed by atoms with Crippen LogP contribution in [0, 0.1) is 11.6 Å². The second kappa shape index (κ2) is 10.9. The van der Waals surface area contributed by atoms with Crippen LogP contribution in [0.25, 0.3) is 28.4 Å². The first-order valence-electron chi connectivity index (χ1n) is 10.8. The van der Waals surface area contributed by atoms with Gasteiger partial charge in [-0.05, 0) is 48.9 Å². The van der Waals surface area contributed by atoms with Gasteiger partial charge in [-0.15, -0.1) is 0 Å². The number of carboxylic acids is 1. The molecule has 11 heteroatoms. The Hall–Kier alpha value is -4.12. The van der Waals surface area contributed by atoms with Crippen LogP contribution in [0.1, 0.15) is 23.6 Å². The quantitative estimate of drug-likeness (QED) is 0.262. The Labute approximate surface area is 209 Å². The highest BCUT2D eigenvalue weighted by molar-refractivity contribution is 5.81. The van der Waals surface area contributed by atoms with E-state index in [-0.39, 0.29) is 52.6 Å². The fourth-order valence-electron chi connectivity index (χ4n) is 3.65. The first-order valence-corrected chi connectivity index (χ1v) is 10.8. The molecular formula is C26H22F5N3O3. The molecule has 0 atom stereocenters. The summed E-state index contributed by atoms with van der Waals surface area (Å²) in [5.74, 6) is -4.37. The van der Waals surface area contributed by atoms with E-state index in [9.17, 15) is 26.7 Å². The summed E-state index contributed by atoms with van der Waals surface area (Å²) in [6, 6.07) is 5.81. The predicted octanol–water partition coefficient (Wildman–Crippen LogP) is 6.36. The van der Waals surface area contributed by atoms with Crippen LogP contribution in [-0.4, -0.2) is 39.7 Å². The van der Waals surface area contributed by atoms with Crippen LogP contribution < -0.4 is 0 Å². The third-order valence-electron chi connectivity index (χ3n) is 5.47. The maximum absolute atomic E-state index is 14.8. The first kappa shape index (κ1) is 27.5. The van der Waals surface area contributed by atoms with E-state index in [1.807, 2.05) is 0 Å². The molecule has 3 rings (SSSR count). The zero-order valence-corrected chi connectivity index (χ0v) is 19.9. The van der Waals surface area contributed by atoms with Crippen molar-refractivity contribution in [1.29, 1.82) is 0 Å². The molecule has 0 amide bonds. The minimum absolute atomic E-state index is 0.0812. The number of benzene rings is 2. The van der Waals surface area contributed by atoms with Gasteiger partial charge in [0.25, 0.3) is 5.89 Å². The zero-order valence-electron chi connectivity index (χ0n) is 19.9. The van der Waals surface area contributed by atoms with E-state index in [4.69, 9.17) is 9.63 Å². The standard InChI is InChI=1S/C26H22F5N3O3/c1-5-14(3)17(6-2)18-9-7-15(11-20(18)26(29,30)31)25-32-24(33-37-25)19-10-8-16(22(27)23(19)28)12-34(4)13-21(35)36/h5-11H,1-2,12-13H2,3-4H3,(H,35,36)/b17-14+. The van der Waals surface area contributed by atoms with Crippen LogP contribution in [0.5, 0.6) is 0 Å². The molecule has 0 radical (unpaired) electrons. The number of halogens is 5. The molecule has 37 heavy (non-hydrogen) atoms. The SMILES string of the molecule is C=C/C(C)=C(\C=C)c1ccc(-c2nc(-c3ccc(CN(C)CC(=O)O)c(F)c3F)no2)cc1C(F)(F)F. The summed E-state index contributed by atoms with van der Waals surface area (Å²) >= 11 is 0. The fourth-order valence-corrected chi connectivity index (χ4v) is 3.65. The van der Waals surface area contributed by atoms with Crippen LogP contribution in [-0.2, 0) is 17.5 Å². The highest BCUT2D eigenvalue weighted by Crippen LogP contribution is 2.39. The van der Waals surface area contributed by atoms with Gasteiger partial charge in [0.1, 0.15) is 0 Å². The van der Waals surface area contributed by atoms with E-state index in [2.05, 4.69) is 23.3 Å². The Bertz CT molecular complexity index is 1390. The van der Waals surface area contributed by atoms with Gasteiger partial charge in [-0.25, -0.2) is 8.78 Å². The number of hydrogen-bond acceptors (Lipinski definition) is 5. The lowest BCUT2D eigenvalue weighted by Gasteiger charge is -2.16. The molecule has 1 N–H and O–H groups in total. The number of allylic oxidation sites excluding steroid dienone is 4. The van der Waals surface area contributed by atoms with E-state index in [0.717, 1.165) is 6.07 Å². The Kier molecular flexibility index (Phi) is 8.07. The summed E-state index contributed by atoms with van der Waals surface area (Å²) in [7, 11) is 1.43. The topological polar surface area (TPSA) is 79.5 Å². The van der Waals surface area contributed by atoms with Crippen LogP contribution >= 0.6 is 0 Å². The molecular weight excluding hydrogens is 497 g/mol. The average Bonchev–Trinajstić information content (AvgIpc) is 3.31. The highest BCUT2D eigenvalue weighted by atomic mass is 19.4. The van der Waals surface area contributed by atoms with Crippen LogP contribution in [0.4, 0.5) is 22.0 Å². The van der Waals surface area contributed by atoms with Crippen molar-refractivity contribution in [2.24, 2.45) is 0 Å². The number of aromatic nitrogens is 2. The van der Waals surface area contributed by atoms with Crippen LogP contribution in [0.3, 0.4) is 0 Å². The third-order valence-corrected chi connectivity index (χ3v) is 5.47. The average molecular weight is 519 g/mol. The summed E-state index contributed by atoms with van der Waals surface area (Å²) in [5.41, 5.74) is -0.923. The summed E-state index contributed by atoms with van der Waals surface area (Å²) < 4.78 is 76.2. The van der Waals surface area contributed by atoms with Gasteiger partial charge in [-0.3, -0.25) is 9.69 Å². The normalized spacial score (nSPS) is 12.4. The van der Waals surface area contributed by atoms with E-state index in [1.165, 1.54) is 48.4 Å². The van der Waals surface area contributed by atoms with E-state index >= 15 is 0 Å². The minimum Gasteiger partial charge on any atom is -0.480 e. The molecule has 6 nitrogen and oxygen atoms in total. The smallest absolute Gasteiger partial charge is 0.417 e. The van der Waals surface area contributed by atoms with Gasteiger partial charge in [0.15, 0.2) is 11.6 Å². The lowest BCUT2D eigenvalue weighted by Crippen LogP contribution is -2.25. The third kappa shape index (κ3) is 6.00. The number of rotatable bonds is 9. The predicted molar refractivity (Wildman–Crippen MR) is 127 cm³/mol. The van der Waals surface area contributed by atoms with Crippen molar-refractivity contribution in [3.05, 3.63) is 89.5 Å². The van der Waals surface area contributed by atoms with Crippen LogP contribution in [0.15, 0.2) is 65.7 Å². The molecule has 0 fully saturated rings. The lowest BCUT2D eigenvalue weighted by molar-refractivity contribution is -0.138. The molecule has 0 aliphatic rings. The molecule has 1 heterocycles. The minimum atomic E-state index is -4.73.